The molecule has 2 heterocycles. The van der Waals surface area contributed by atoms with Crippen LogP contribution in [0.2, 0.25) is 0 Å². The van der Waals surface area contributed by atoms with Crippen molar-refractivity contribution in [1.82, 2.24) is 9.97 Å². The summed E-state index contributed by atoms with van der Waals surface area (Å²) in [6.45, 7) is 0. The van der Waals surface area contributed by atoms with E-state index in [4.69, 9.17) is 10.1 Å². The van der Waals surface area contributed by atoms with Gasteiger partial charge in [0, 0.05) is 17.0 Å². The molecule has 0 aliphatic carbocycles. The average Bonchev–Trinajstić information content (AvgIpc) is 2.63. The van der Waals surface area contributed by atoms with Gasteiger partial charge in [-0.15, -0.1) is 0 Å². The van der Waals surface area contributed by atoms with E-state index in [1.54, 1.807) is 6.07 Å². The summed E-state index contributed by atoms with van der Waals surface area (Å²) in [5.74, 6) is -0.992. The zero-order valence-corrected chi connectivity index (χ0v) is 13.2. The number of aromatic carboxylic acids is 1. The van der Waals surface area contributed by atoms with Gasteiger partial charge in [-0.05, 0) is 43.5 Å². The molecule has 0 amide bonds. The largest absolute Gasteiger partial charge is 0.477 e. The van der Waals surface area contributed by atoms with E-state index in [0.717, 1.165) is 41.9 Å². The molecule has 0 atom stereocenters. The van der Waals surface area contributed by atoms with Crippen LogP contribution in [0.3, 0.4) is 0 Å². The Kier molecular flexibility index (Phi) is 4.96. The molecule has 0 fully saturated rings. The highest BCUT2D eigenvalue weighted by Gasteiger charge is 2.06. The predicted octanol–water partition coefficient (Wildman–Crippen LogP) is 4.02. The minimum atomic E-state index is -0.992. The number of carbonyl (C=O) groups is 1. The smallest absolute Gasteiger partial charge is 0.354 e. The van der Waals surface area contributed by atoms with Crippen molar-refractivity contribution in [3.05, 3.63) is 83.8 Å². The Hall–Kier alpha value is -3.01. The summed E-state index contributed by atoms with van der Waals surface area (Å²) in [6, 6.07) is 21.3. The molecule has 0 bridgehead atoms. The fourth-order valence-electron chi connectivity index (χ4n) is 2.58. The number of carboxylic acids is 1. The Balaban J connectivity index is 1.63. The third kappa shape index (κ3) is 4.04. The number of carboxylic acid groups (broad SMARTS) is 1. The molecule has 0 saturated carbocycles. The molecular weight excluding hydrogens is 300 g/mol. The first-order valence-corrected chi connectivity index (χ1v) is 7.93. The molecule has 1 aromatic carbocycles. The van der Waals surface area contributed by atoms with E-state index in [1.807, 2.05) is 54.6 Å². The molecule has 4 nitrogen and oxygen atoms in total. The van der Waals surface area contributed by atoms with Crippen LogP contribution in [-0.4, -0.2) is 21.0 Å². The highest BCUT2D eigenvalue weighted by molar-refractivity contribution is 5.85. The lowest BCUT2D eigenvalue weighted by Gasteiger charge is -2.05. The van der Waals surface area contributed by atoms with Gasteiger partial charge in [-0.1, -0.05) is 42.5 Å². The van der Waals surface area contributed by atoms with E-state index in [9.17, 15) is 4.79 Å². The molecule has 0 aliphatic heterocycles. The zero-order chi connectivity index (χ0) is 16.8. The molecule has 0 aliphatic rings. The van der Waals surface area contributed by atoms with Crippen molar-refractivity contribution >= 4 is 5.97 Å². The maximum atomic E-state index is 10.9. The molecule has 120 valence electrons. The molecule has 0 radical (unpaired) electrons. The van der Waals surface area contributed by atoms with Crippen molar-refractivity contribution in [2.45, 2.75) is 19.3 Å². The lowest BCUT2D eigenvalue weighted by atomic mass is 10.1. The van der Waals surface area contributed by atoms with Gasteiger partial charge < -0.3 is 5.11 Å². The first-order chi connectivity index (χ1) is 11.7. The Bertz CT molecular complexity index is 832. The molecule has 0 spiro atoms. The highest BCUT2D eigenvalue weighted by atomic mass is 16.4. The third-order valence-corrected chi connectivity index (χ3v) is 3.77. The van der Waals surface area contributed by atoms with Crippen LogP contribution in [0.5, 0.6) is 0 Å². The van der Waals surface area contributed by atoms with E-state index in [1.165, 1.54) is 6.07 Å². The van der Waals surface area contributed by atoms with E-state index in [2.05, 4.69) is 4.98 Å². The number of rotatable bonds is 6. The van der Waals surface area contributed by atoms with Crippen LogP contribution in [0, 0.1) is 0 Å². The van der Waals surface area contributed by atoms with Gasteiger partial charge in [-0.3, -0.25) is 4.98 Å². The fourth-order valence-corrected chi connectivity index (χ4v) is 2.58. The van der Waals surface area contributed by atoms with E-state index in [-0.39, 0.29) is 5.69 Å². The SMILES string of the molecule is O=C(O)c1cccc(CCCc2cccc(-c3ccccc3)n2)n1. The molecule has 3 rings (SSSR count). The number of hydrogen-bond donors (Lipinski definition) is 1. The number of pyridine rings is 2. The first kappa shape index (κ1) is 15.9. The van der Waals surface area contributed by atoms with Gasteiger partial charge >= 0.3 is 5.97 Å². The number of hydrogen-bond acceptors (Lipinski definition) is 3. The number of benzene rings is 1. The van der Waals surface area contributed by atoms with Crippen molar-refractivity contribution in [1.29, 1.82) is 0 Å². The van der Waals surface area contributed by atoms with E-state index >= 15 is 0 Å². The summed E-state index contributed by atoms with van der Waals surface area (Å²) >= 11 is 0. The van der Waals surface area contributed by atoms with Crippen molar-refractivity contribution in [3.8, 4) is 11.3 Å². The molecule has 24 heavy (non-hydrogen) atoms. The number of nitrogens with zero attached hydrogens (tertiary/aromatic N) is 2. The Morgan fingerprint density at radius 1 is 0.792 bits per heavy atom. The van der Waals surface area contributed by atoms with Gasteiger partial charge in [-0.2, -0.15) is 0 Å². The van der Waals surface area contributed by atoms with Crippen molar-refractivity contribution in [3.63, 3.8) is 0 Å². The average molecular weight is 318 g/mol. The van der Waals surface area contributed by atoms with Crippen molar-refractivity contribution in [2.75, 3.05) is 0 Å². The Morgan fingerprint density at radius 3 is 2.17 bits per heavy atom. The molecular formula is C20H18N2O2. The molecule has 0 unspecified atom stereocenters. The molecule has 4 heteroatoms. The van der Waals surface area contributed by atoms with Gasteiger partial charge in [-0.25, -0.2) is 9.78 Å². The van der Waals surface area contributed by atoms with Gasteiger partial charge in [0.1, 0.15) is 5.69 Å². The summed E-state index contributed by atoms with van der Waals surface area (Å²) in [5, 5.41) is 8.98. The van der Waals surface area contributed by atoms with Gasteiger partial charge in [0.2, 0.25) is 0 Å². The van der Waals surface area contributed by atoms with Crippen molar-refractivity contribution in [2.24, 2.45) is 0 Å². The second kappa shape index (κ2) is 7.51. The van der Waals surface area contributed by atoms with Crippen LogP contribution in [0.15, 0.2) is 66.7 Å². The molecule has 3 aromatic rings. The Morgan fingerprint density at radius 2 is 1.46 bits per heavy atom. The quantitative estimate of drug-likeness (QED) is 0.745. The summed E-state index contributed by atoms with van der Waals surface area (Å²) < 4.78 is 0. The lowest BCUT2D eigenvalue weighted by Crippen LogP contribution is -2.03. The maximum absolute atomic E-state index is 10.9. The highest BCUT2D eigenvalue weighted by Crippen LogP contribution is 2.17. The van der Waals surface area contributed by atoms with Gasteiger partial charge in [0.05, 0.1) is 5.69 Å². The van der Waals surface area contributed by atoms with E-state index < -0.39 is 5.97 Å². The van der Waals surface area contributed by atoms with Crippen molar-refractivity contribution < 1.29 is 9.90 Å². The van der Waals surface area contributed by atoms with Crippen LogP contribution in [0.25, 0.3) is 11.3 Å². The van der Waals surface area contributed by atoms with Crippen LogP contribution < -0.4 is 0 Å². The molecule has 1 N–H and O–H groups in total. The van der Waals surface area contributed by atoms with Crippen LogP contribution >= 0.6 is 0 Å². The monoisotopic (exact) mass is 318 g/mol. The van der Waals surface area contributed by atoms with Crippen LogP contribution in [0.4, 0.5) is 0 Å². The van der Waals surface area contributed by atoms with Gasteiger partial charge in [0.25, 0.3) is 0 Å². The first-order valence-electron chi connectivity index (χ1n) is 7.93. The molecule has 0 saturated heterocycles. The standard InChI is InChI=1S/C20H18N2O2/c23-20(24)19-14-6-12-17(22-19)10-4-9-16-11-5-13-18(21-16)15-7-2-1-3-8-15/h1-3,5-8,11-14H,4,9-10H2,(H,23,24). The second-order valence-corrected chi connectivity index (χ2v) is 5.55. The summed E-state index contributed by atoms with van der Waals surface area (Å²) in [6.07, 6.45) is 2.44. The predicted molar refractivity (Wildman–Crippen MR) is 92.9 cm³/mol. The minimum Gasteiger partial charge on any atom is -0.477 e. The number of aryl methyl sites for hydroxylation is 2. The summed E-state index contributed by atoms with van der Waals surface area (Å²) in [4.78, 5) is 19.8. The van der Waals surface area contributed by atoms with E-state index in [0.29, 0.717) is 0 Å². The lowest BCUT2D eigenvalue weighted by molar-refractivity contribution is 0.0690. The van der Waals surface area contributed by atoms with Gasteiger partial charge in [0.15, 0.2) is 0 Å². The summed E-state index contributed by atoms with van der Waals surface area (Å²) in [5.41, 5.74) is 4.01. The maximum Gasteiger partial charge on any atom is 0.354 e. The summed E-state index contributed by atoms with van der Waals surface area (Å²) in [7, 11) is 0. The minimum absolute atomic E-state index is 0.0942. The zero-order valence-electron chi connectivity index (χ0n) is 13.2. The van der Waals surface area contributed by atoms with Crippen LogP contribution in [0.1, 0.15) is 28.3 Å². The fraction of sp³-hybridized carbons (Fsp3) is 0.150. The normalized spacial score (nSPS) is 10.5. The topological polar surface area (TPSA) is 63.1 Å². The Labute approximate surface area is 140 Å². The molecule has 2 aromatic heterocycles. The number of aromatic nitrogens is 2. The third-order valence-electron chi connectivity index (χ3n) is 3.77. The van der Waals surface area contributed by atoms with Crippen LogP contribution in [-0.2, 0) is 12.8 Å². The second-order valence-electron chi connectivity index (χ2n) is 5.55.